The molecule has 43 heavy (non-hydrogen) atoms. The van der Waals surface area contributed by atoms with Gasteiger partial charge in [0.1, 0.15) is 35.2 Å². The molecule has 4 aromatic rings. The molecule has 3 aliphatic rings. The Bertz CT molecular complexity index is 1770. The number of fused-ring (bicyclic) bond motifs is 3. The monoisotopic (exact) mass is 584 g/mol. The summed E-state index contributed by atoms with van der Waals surface area (Å²) in [7, 11) is 1.95. The molecule has 2 aromatic heterocycles. The fourth-order valence-corrected chi connectivity index (χ4v) is 7.21. The summed E-state index contributed by atoms with van der Waals surface area (Å²) in [6.45, 7) is 3.14. The van der Waals surface area contributed by atoms with E-state index in [4.69, 9.17) is 16.1 Å². The molecular formula is C33H34F2N6O2. The van der Waals surface area contributed by atoms with Gasteiger partial charge in [-0.05, 0) is 88.7 Å². The van der Waals surface area contributed by atoms with Crippen molar-refractivity contribution in [2.75, 3.05) is 38.6 Å². The summed E-state index contributed by atoms with van der Waals surface area (Å²) < 4.78 is 37.6. The van der Waals surface area contributed by atoms with Gasteiger partial charge >= 0.3 is 6.01 Å². The average Bonchev–Trinajstić information content (AvgIpc) is 3.57. The number of halogens is 2. The predicted octanol–water partition coefficient (Wildman–Crippen LogP) is 5.37. The molecule has 0 spiro atoms. The number of phenolic OH excluding ortho intramolecular Hbond substituents is 1. The number of benzene rings is 2. The summed E-state index contributed by atoms with van der Waals surface area (Å²) in [6, 6.07) is 5.62. The van der Waals surface area contributed by atoms with E-state index in [1.165, 1.54) is 30.5 Å². The second kappa shape index (κ2) is 10.6. The third-order valence-electron chi connectivity index (χ3n) is 9.83. The molecule has 2 saturated heterocycles. The Morgan fingerprint density at radius 1 is 1.09 bits per heavy atom. The molecule has 2 aromatic carbocycles. The van der Waals surface area contributed by atoms with Gasteiger partial charge in [0.25, 0.3) is 0 Å². The van der Waals surface area contributed by atoms with Crippen molar-refractivity contribution in [1.29, 1.82) is 0 Å². The number of hydrogen-bond donors (Lipinski definition) is 3. The van der Waals surface area contributed by atoms with Gasteiger partial charge in [-0.2, -0.15) is 9.97 Å². The van der Waals surface area contributed by atoms with E-state index in [1.807, 2.05) is 7.05 Å². The maximum absolute atomic E-state index is 16.6. The number of pyridine rings is 1. The Morgan fingerprint density at radius 3 is 2.58 bits per heavy atom. The summed E-state index contributed by atoms with van der Waals surface area (Å²) in [6.07, 6.45) is 14.7. The normalized spacial score (nSPS) is 18.8. The van der Waals surface area contributed by atoms with Crippen molar-refractivity contribution in [3.63, 3.8) is 0 Å². The molecule has 8 nitrogen and oxygen atoms in total. The predicted molar refractivity (Wildman–Crippen MR) is 162 cm³/mol. The number of nitrogens with one attached hydrogen (secondary N) is 2. The minimum Gasteiger partial charge on any atom is -0.508 e. The van der Waals surface area contributed by atoms with Gasteiger partial charge in [0.2, 0.25) is 0 Å². The molecule has 222 valence electrons. The lowest BCUT2D eigenvalue weighted by molar-refractivity contribution is 0.108. The molecular weight excluding hydrogens is 550 g/mol. The van der Waals surface area contributed by atoms with Crippen molar-refractivity contribution in [1.82, 2.24) is 25.2 Å². The van der Waals surface area contributed by atoms with E-state index >= 15 is 4.39 Å². The van der Waals surface area contributed by atoms with E-state index in [1.54, 1.807) is 0 Å². The lowest BCUT2D eigenvalue weighted by Gasteiger charge is -2.42. The number of nitrogens with zero attached hydrogens (tertiary/aromatic N) is 4. The smallest absolute Gasteiger partial charge is 0.319 e. The second-order valence-corrected chi connectivity index (χ2v) is 12.1. The fourth-order valence-electron chi connectivity index (χ4n) is 7.21. The highest BCUT2D eigenvalue weighted by Gasteiger charge is 2.45. The lowest BCUT2D eigenvalue weighted by Crippen LogP contribution is -2.54. The Labute approximate surface area is 248 Å². The number of likely N-dealkylation sites (N-methyl/N-ethyl adjacent to an activating group) is 1. The highest BCUT2D eigenvalue weighted by molar-refractivity contribution is 6.02. The number of anilines is 1. The molecule has 7 rings (SSSR count). The van der Waals surface area contributed by atoms with Gasteiger partial charge in [-0.3, -0.25) is 9.88 Å². The first-order valence-electron chi connectivity index (χ1n) is 14.9. The molecule has 3 N–H and O–H groups in total. The molecule has 0 amide bonds. The number of aromatic nitrogens is 3. The first-order valence-corrected chi connectivity index (χ1v) is 14.9. The van der Waals surface area contributed by atoms with Crippen molar-refractivity contribution in [2.24, 2.45) is 0 Å². The molecule has 0 atom stereocenters. The van der Waals surface area contributed by atoms with Crippen molar-refractivity contribution < 1.29 is 18.6 Å². The largest absolute Gasteiger partial charge is 0.508 e. The maximum atomic E-state index is 16.6. The SMILES string of the molecule is C#Cc1c(F)ccc2cc(O)cc(-c3ncc4c(NCC5(NC)CCC5)nc(OCC56CCCN5CCC6)nc4c3F)c12. The number of hydrogen-bond acceptors (Lipinski definition) is 8. The van der Waals surface area contributed by atoms with Gasteiger partial charge in [-0.25, -0.2) is 8.78 Å². The number of rotatable bonds is 8. The number of phenols is 1. The summed E-state index contributed by atoms with van der Waals surface area (Å²) in [5.74, 6) is 1.34. The quantitative estimate of drug-likeness (QED) is 0.238. The summed E-state index contributed by atoms with van der Waals surface area (Å²) in [4.78, 5) is 16.2. The Kier molecular flexibility index (Phi) is 6.83. The zero-order chi connectivity index (χ0) is 29.8. The summed E-state index contributed by atoms with van der Waals surface area (Å²) in [5, 5.41) is 18.5. The van der Waals surface area contributed by atoms with Gasteiger partial charge in [-0.15, -0.1) is 6.42 Å². The van der Waals surface area contributed by atoms with Crippen LogP contribution in [-0.2, 0) is 0 Å². The molecule has 0 bridgehead atoms. The number of aromatic hydroxyl groups is 1. The first kappa shape index (κ1) is 27.7. The summed E-state index contributed by atoms with van der Waals surface area (Å²) >= 11 is 0. The third kappa shape index (κ3) is 4.62. The Balaban J connectivity index is 1.35. The Hall–Kier alpha value is -4.07. The van der Waals surface area contributed by atoms with Gasteiger partial charge in [0.05, 0.1) is 16.5 Å². The van der Waals surface area contributed by atoms with E-state index in [9.17, 15) is 9.50 Å². The van der Waals surface area contributed by atoms with Crippen molar-refractivity contribution >= 4 is 27.5 Å². The molecule has 0 unspecified atom stereocenters. The van der Waals surface area contributed by atoms with Crippen LogP contribution in [0.5, 0.6) is 11.8 Å². The van der Waals surface area contributed by atoms with Gasteiger partial charge in [-0.1, -0.05) is 12.0 Å². The molecule has 3 fully saturated rings. The van der Waals surface area contributed by atoms with Crippen LogP contribution in [0.15, 0.2) is 30.5 Å². The molecule has 1 aliphatic carbocycles. The highest BCUT2D eigenvalue weighted by Crippen LogP contribution is 2.41. The van der Waals surface area contributed by atoms with Crippen LogP contribution in [0, 0.1) is 24.0 Å². The van der Waals surface area contributed by atoms with E-state index in [2.05, 4.69) is 31.4 Å². The number of ether oxygens (including phenoxy) is 1. The van der Waals surface area contributed by atoms with Gasteiger partial charge < -0.3 is 20.5 Å². The van der Waals surface area contributed by atoms with E-state index in [-0.39, 0.29) is 50.6 Å². The molecule has 0 radical (unpaired) electrons. The van der Waals surface area contributed by atoms with Crippen LogP contribution >= 0.6 is 0 Å². The Morgan fingerprint density at radius 2 is 1.88 bits per heavy atom. The van der Waals surface area contributed by atoms with Gasteiger partial charge in [0.15, 0.2) is 5.82 Å². The zero-order valence-electron chi connectivity index (χ0n) is 24.1. The third-order valence-corrected chi connectivity index (χ3v) is 9.83. The molecule has 4 heterocycles. The van der Waals surface area contributed by atoms with E-state index < -0.39 is 11.6 Å². The molecule has 2 aliphatic heterocycles. The topological polar surface area (TPSA) is 95.4 Å². The standard InChI is InChI=1S/C33H34F2N6O2/c1-3-22-25(34)8-7-20-15-21(42)16-23(26(20)22)28-27(35)29-24(17-37-28)30(38-18-32(36-2)9-4-10-32)40-31(39-29)43-19-33-11-5-13-41(33)14-6-12-33/h1,7-8,15-17,36,42H,4-6,9-14,18-19H2,2H3,(H,38,39,40). The van der Waals surface area contributed by atoms with Crippen LogP contribution in [-0.4, -0.2) is 69.3 Å². The summed E-state index contributed by atoms with van der Waals surface area (Å²) in [5.41, 5.74) is -0.0371. The van der Waals surface area contributed by atoms with Crippen LogP contribution < -0.4 is 15.4 Å². The van der Waals surface area contributed by atoms with Crippen LogP contribution in [0.25, 0.3) is 32.9 Å². The zero-order valence-corrected chi connectivity index (χ0v) is 24.1. The van der Waals surface area contributed by atoms with Crippen LogP contribution in [0.2, 0.25) is 0 Å². The second-order valence-electron chi connectivity index (χ2n) is 12.1. The van der Waals surface area contributed by atoms with E-state index in [0.29, 0.717) is 29.7 Å². The maximum Gasteiger partial charge on any atom is 0.319 e. The van der Waals surface area contributed by atoms with Crippen LogP contribution in [0.1, 0.15) is 50.5 Å². The highest BCUT2D eigenvalue weighted by atomic mass is 19.1. The molecule has 1 saturated carbocycles. The average molecular weight is 585 g/mol. The number of terminal acetylenes is 1. The van der Waals surface area contributed by atoms with Crippen LogP contribution in [0.4, 0.5) is 14.6 Å². The van der Waals surface area contributed by atoms with E-state index in [0.717, 1.165) is 58.0 Å². The minimum absolute atomic E-state index is 0.0203. The van der Waals surface area contributed by atoms with Crippen molar-refractivity contribution in [2.45, 2.75) is 56.0 Å². The van der Waals surface area contributed by atoms with Crippen LogP contribution in [0.3, 0.4) is 0 Å². The van der Waals surface area contributed by atoms with Crippen molar-refractivity contribution in [3.8, 4) is 35.4 Å². The van der Waals surface area contributed by atoms with Gasteiger partial charge in [0, 0.05) is 29.2 Å². The van der Waals surface area contributed by atoms with Crippen molar-refractivity contribution in [3.05, 3.63) is 47.7 Å². The minimum atomic E-state index is -0.736. The first-order chi connectivity index (χ1) is 20.9. The fraction of sp³-hybridized carbons (Fsp3) is 0.424. The lowest BCUT2D eigenvalue weighted by atomic mass is 9.77. The molecule has 10 heteroatoms.